The van der Waals surface area contributed by atoms with Crippen LogP contribution in [0.15, 0.2) is 12.4 Å². The van der Waals surface area contributed by atoms with Crippen molar-refractivity contribution in [3.8, 4) is 0 Å². The first-order chi connectivity index (χ1) is 10.6. The van der Waals surface area contributed by atoms with Gasteiger partial charge in [0.25, 0.3) is 0 Å². The second-order valence-electron chi connectivity index (χ2n) is 6.55. The number of hydrogen-bond acceptors (Lipinski definition) is 3. The van der Waals surface area contributed by atoms with Gasteiger partial charge in [-0.3, -0.25) is 14.3 Å². The molecular formula is C16H24N4O2. The van der Waals surface area contributed by atoms with E-state index >= 15 is 0 Å². The standard InChI is InChI=1S/C16H24N4O2/c1-12-9-18-19(10-12)11-13-5-3-8-20(13)15(22)16(6-4-7-16)14(21)17-2/h9-10,13H,3-8,11H2,1-2H3,(H,17,21)/t13-/m1/s1. The van der Waals surface area contributed by atoms with Crippen LogP contribution in [0.4, 0.5) is 0 Å². The molecule has 2 fully saturated rings. The maximum absolute atomic E-state index is 13.0. The van der Waals surface area contributed by atoms with Crippen LogP contribution in [-0.4, -0.2) is 46.1 Å². The summed E-state index contributed by atoms with van der Waals surface area (Å²) in [6.07, 6.45) is 8.12. The highest BCUT2D eigenvalue weighted by Gasteiger charge is 2.53. The van der Waals surface area contributed by atoms with Crippen LogP contribution in [0.5, 0.6) is 0 Å². The van der Waals surface area contributed by atoms with Crippen LogP contribution in [0.1, 0.15) is 37.7 Å². The zero-order valence-electron chi connectivity index (χ0n) is 13.3. The summed E-state index contributed by atoms with van der Waals surface area (Å²) in [7, 11) is 1.61. The van der Waals surface area contributed by atoms with E-state index in [2.05, 4.69) is 10.4 Å². The van der Waals surface area contributed by atoms with E-state index in [0.717, 1.165) is 31.4 Å². The van der Waals surface area contributed by atoms with E-state index in [0.29, 0.717) is 19.4 Å². The molecule has 0 bridgehead atoms. The number of nitrogens with zero attached hydrogens (tertiary/aromatic N) is 3. The number of aryl methyl sites for hydroxylation is 1. The van der Waals surface area contributed by atoms with Crippen molar-refractivity contribution in [3.05, 3.63) is 18.0 Å². The maximum atomic E-state index is 13.0. The first kappa shape index (κ1) is 15.1. The van der Waals surface area contributed by atoms with Crippen LogP contribution in [0.2, 0.25) is 0 Å². The number of hydrogen-bond donors (Lipinski definition) is 1. The summed E-state index contributed by atoms with van der Waals surface area (Å²) < 4.78 is 1.90. The monoisotopic (exact) mass is 304 g/mol. The predicted molar refractivity (Wildman–Crippen MR) is 82.0 cm³/mol. The van der Waals surface area contributed by atoms with Crippen molar-refractivity contribution >= 4 is 11.8 Å². The molecule has 1 aromatic heterocycles. The molecule has 120 valence electrons. The second-order valence-corrected chi connectivity index (χ2v) is 6.55. The average Bonchev–Trinajstić information content (AvgIpc) is 3.06. The van der Waals surface area contributed by atoms with Gasteiger partial charge in [0.2, 0.25) is 11.8 Å². The van der Waals surface area contributed by atoms with Gasteiger partial charge in [0.05, 0.1) is 18.8 Å². The van der Waals surface area contributed by atoms with Crippen molar-refractivity contribution in [2.24, 2.45) is 5.41 Å². The van der Waals surface area contributed by atoms with Gasteiger partial charge in [-0.05, 0) is 38.2 Å². The van der Waals surface area contributed by atoms with Crippen LogP contribution in [0.3, 0.4) is 0 Å². The molecule has 6 nitrogen and oxygen atoms in total. The van der Waals surface area contributed by atoms with Gasteiger partial charge in [-0.1, -0.05) is 6.42 Å². The maximum Gasteiger partial charge on any atom is 0.238 e. The van der Waals surface area contributed by atoms with Crippen molar-refractivity contribution in [3.63, 3.8) is 0 Å². The lowest BCUT2D eigenvalue weighted by molar-refractivity contribution is -0.157. The summed E-state index contributed by atoms with van der Waals surface area (Å²) in [6.45, 7) is 3.47. The second kappa shape index (κ2) is 5.74. The van der Waals surface area contributed by atoms with Gasteiger partial charge >= 0.3 is 0 Å². The Balaban J connectivity index is 1.74. The smallest absolute Gasteiger partial charge is 0.238 e. The predicted octanol–water partition coefficient (Wildman–Crippen LogP) is 1.10. The Bertz CT molecular complexity index is 576. The molecule has 1 aliphatic heterocycles. The van der Waals surface area contributed by atoms with Crippen LogP contribution >= 0.6 is 0 Å². The molecule has 2 heterocycles. The molecule has 1 aromatic rings. The summed E-state index contributed by atoms with van der Waals surface area (Å²) in [5, 5.41) is 7.00. The van der Waals surface area contributed by atoms with Crippen molar-refractivity contribution in [2.75, 3.05) is 13.6 Å². The van der Waals surface area contributed by atoms with Crippen molar-refractivity contribution in [1.82, 2.24) is 20.0 Å². The fourth-order valence-electron chi connectivity index (χ4n) is 3.66. The molecule has 1 aliphatic carbocycles. The molecule has 1 N–H and O–H groups in total. The number of amides is 2. The Morgan fingerprint density at radius 3 is 2.73 bits per heavy atom. The molecule has 0 unspecified atom stereocenters. The average molecular weight is 304 g/mol. The normalized spacial score (nSPS) is 23.2. The molecule has 2 aliphatic rings. The van der Waals surface area contributed by atoms with Crippen molar-refractivity contribution in [2.45, 2.75) is 51.6 Å². The van der Waals surface area contributed by atoms with E-state index in [9.17, 15) is 9.59 Å². The van der Waals surface area contributed by atoms with E-state index < -0.39 is 5.41 Å². The molecule has 2 amide bonds. The topological polar surface area (TPSA) is 67.2 Å². The highest BCUT2D eigenvalue weighted by molar-refractivity contribution is 6.06. The summed E-state index contributed by atoms with van der Waals surface area (Å²) in [4.78, 5) is 27.1. The zero-order valence-corrected chi connectivity index (χ0v) is 13.3. The molecule has 0 aromatic carbocycles. The van der Waals surface area contributed by atoms with E-state index in [4.69, 9.17) is 0 Å². The minimum atomic E-state index is -0.808. The molecule has 1 atom stereocenters. The number of carbonyl (C=O) groups is 2. The van der Waals surface area contributed by atoms with Crippen LogP contribution in [0.25, 0.3) is 0 Å². The SMILES string of the molecule is CNC(=O)C1(C(=O)N2CCC[C@@H]2Cn2cc(C)cn2)CCC1. The van der Waals surface area contributed by atoms with E-state index in [1.165, 1.54) is 0 Å². The summed E-state index contributed by atoms with van der Waals surface area (Å²) in [6, 6.07) is 0.147. The summed E-state index contributed by atoms with van der Waals surface area (Å²) in [5.74, 6) is -0.103. The molecule has 0 spiro atoms. The fraction of sp³-hybridized carbons (Fsp3) is 0.688. The third kappa shape index (κ3) is 2.40. The molecule has 0 radical (unpaired) electrons. The third-order valence-electron chi connectivity index (χ3n) is 5.08. The van der Waals surface area contributed by atoms with Crippen LogP contribution in [-0.2, 0) is 16.1 Å². The number of aromatic nitrogens is 2. The van der Waals surface area contributed by atoms with Gasteiger partial charge in [0.1, 0.15) is 5.41 Å². The zero-order chi connectivity index (χ0) is 15.7. The molecule has 6 heteroatoms. The lowest BCUT2D eigenvalue weighted by atomic mass is 9.67. The molecule has 1 saturated carbocycles. The van der Waals surface area contributed by atoms with Gasteiger partial charge in [-0.2, -0.15) is 5.10 Å². The quantitative estimate of drug-likeness (QED) is 0.847. The molecule has 3 rings (SSSR count). The van der Waals surface area contributed by atoms with Crippen molar-refractivity contribution in [1.29, 1.82) is 0 Å². The van der Waals surface area contributed by atoms with Crippen LogP contribution in [0, 0.1) is 12.3 Å². The molecule has 22 heavy (non-hydrogen) atoms. The molecule has 1 saturated heterocycles. The van der Waals surface area contributed by atoms with E-state index in [1.54, 1.807) is 7.05 Å². The first-order valence-electron chi connectivity index (χ1n) is 8.09. The Morgan fingerprint density at radius 1 is 1.41 bits per heavy atom. The number of nitrogens with one attached hydrogen (secondary N) is 1. The Kier molecular flexibility index (Phi) is 3.93. The minimum absolute atomic E-state index is 0.0180. The first-order valence-corrected chi connectivity index (χ1v) is 8.09. The lowest BCUT2D eigenvalue weighted by Crippen LogP contribution is -2.57. The van der Waals surface area contributed by atoms with Gasteiger partial charge in [0.15, 0.2) is 0 Å². The van der Waals surface area contributed by atoms with Gasteiger partial charge in [-0.15, -0.1) is 0 Å². The Morgan fingerprint density at radius 2 is 2.18 bits per heavy atom. The highest BCUT2D eigenvalue weighted by atomic mass is 16.2. The lowest BCUT2D eigenvalue weighted by Gasteiger charge is -2.42. The Hall–Kier alpha value is -1.85. The number of carbonyl (C=O) groups excluding carboxylic acids is 2. The minimum Gasteiger partial charge on any atom is -0.358 e. The summed E-state index contributed by atoms with van der Waals surface area (Å²) in [5.41, 5.74) is 0.314. The van der Waals surface area contributed by atoms with E-state index in [1.807, 2.05) is 28.9 Å². The van der Waals surface area contributed by atoms with Crippen LogP contribution < -0.4 is 5.32 Å². The fourth-order valence-corrected chi connectivity index (χ4v) is 3.66. The van der Waals surface area contributed by atoms with Gasteiger partial charge < -0.3 is 10.2 Å². The van der Waals surface area contributed by atoms with Gasteiger partial charge in [0, 0.05) is 19.8 Å². The van der Waals surface area contributed by atoms with Gasteiger partial charge in [-0.25, -0.2) is 0 Å². The Labute approximate surface area is 130 Å². The van der Waals surface area contributed by atoms with Crippen molar-refractivity contribution < 1.29 is 9.59 Å². The molecular weight excluding hydrogens is 280 g/mol. The third-order valence-corrected chi connectivity index (χ3v) is 5.08. The number of likely N-dealkylation sites (tertiary alicyclic amines) is 1. The van der Waals surface area contributed by atoms with E-state index in [-0.39, 0.29) is 17.9 Å². The number of rotatable bonds is 4. The summed E-state index contributed by atoms with van der Waals surface area (Å²) >= 11 is 0. The highest BCUT2D eigenvalue weighted by Crippen LogP contribution is 2.44. The largest absolute Gasteiger partial charge is 0.358 e.